The molecule has 1 aliphatic rings. The van der Waals surface area contributed by atoms with Crippen LogP contribution in [0, 0.1) is 0 Å². The molecule has 0 radical (unpaired) electrons. The smallest absolute Gasteiger partial charge is 0.326 e. The first kappa shape index (κ1) is 17.4. The number of carbonyl (C=O) groups is 1. The van der Waals surface area contributed by atoms with Crippen molar-refractivity contribution < 1.29 is 26.7 Å². The molecule has 1 aromatic carbocycles. The SMILES string of the molecule is O=C(c1ccc(-c2ccc3nnc(C(F)(F)F)n3c2)cc1)N1CC(F)(F)C1. The first-order valence-electron chi connectivity index (χ1n) is 7.84. The molecule has 1 saturated heterocycles. The van der Waals surface area contributed by atoms with Crippen molar-refractivity contribution in [3.05, 3.63) is 54.0 Å². The number of aromatic nitrogens is 3. The van der Waals surface area contributed by atoms with Gasteiger partial charge < -0.3 is 4.90 Å². The van der Waals surface area contributed by atoms with Gasteiger partial charge in [-0.3, -0.25) is 9.20 Å². The van der Waals surface area contributed by atoms with Crippen LogP contribution in [0.2, 0.25) is 0 Å². The Balaban J connectivity index is 1.61. The molecule has 1 fully saturated rings. The van der Waals surface area contributed by atoms with Gasteiger partial charge in [0.2, 0.25) is 5.82 Å². The molecule has 0 spiro atoms. The third kappa shape index (κ3) is 3.11. The number of hydrogen-bond donors (Lipinski definition) is 0. The molecular formula is C17H11F5N4O. The van der Waals surface area contributed by atoms with Gasteiger partial charge in [0.25, 0.3) is 11.8 Å². The van der Waals surface area contributed by atoms with Gasteiger partial charge in [-0.2, -0.15) is 13.2 Å². The summed E-state index contributed by atoms with van der Waals surface area (Å²) in [6, 6.07) is 8.98. The molecule has 0 aliphatic carbocycles. The Labute approximate surface area is 149 Å². The second-order valence-electron chi connectivity index (χ2n) is 6.26. The fraction of sp³-hybridized carbons (Fsp3) is 0.235. The fourth-order valence-corrected chi connectivity index (χ4v) is 2.90. The topological polar surface area (TPSA) is 50.5 Å². The molecule has 140 valence electrons. The van der Waals surface area contributed by atoms with E-state index in [1.54, 1.807) is 18.2 Å². The minimum Gasteiger partial charge on any atom is -0.326 e. The lowest BCUT2D eigenvalue weighted by molar-refractivity contribution is -0.145. The highest BCUT2D eigenvalue weighted by molar-refractivity contribution is 5.95. The third-order valence-electron chi connectivity index (χ3n) is 4.25. The number of hydrogen-bond acceptors (Lipinski definition) is 3. The quantitative estimate of drug-likeness (QED) is 0.638. The van der Waals surface area contributed by atoms with Crippen LogP contribution in [0.3, 0.4) is 0 Å². The van der Waals surface area contributed by atoms with Crippen LogP contribution in [-0.2, 0) is 6.18 Å². The Hall–Kier alpha value is -3.04. The van der Waals surface area contributed by atoms with Crippen molar-refractivity contribution in [2.24, 2.45) is 0 Å². The van der Waals surface area contributed by atoms with E-state index in [9.17, 15) is 26.7 Å². The van der Waals surface area contributed by atoms with Crippen LogP contribution in [0.25, 0.3) is 16.8 Å². The van der Waals surface area contributed by atoms with E-state index < -0.39 is 36.9 Å². The molecule has 0 bridgehead atoms. The molecule has 0 atom stereocenters. The lowest BCUT2D eigenvalue weighted by Gasteiger charge is -2.38. The molecule has 0 unspecified atom stereocenters. The van der Waals surface area contributed by atoms with E-state index in [4.69, 9.17) is 0 Å². The lowest BCUT2D eigenvalue weighted by atomic mass is 10.0. The number of nitrogens with zero attached hydrogens (tertiary/aromatic N) is 4. The molecule has 1 aliphatic heterocycles. The van der Waals surface area contributed by atoms with Crippen molar-refractivity contribution in [1.82, 2.24) is 19.5 Å². The van der Waals surface area contributed by atoms with Crippen molar-refractivity contribution in [3.8, 4) is 11.1 Å². The summed E-state index contributed by atoms with van der Waals surface area (Å²) in [5.41, 5.74) is 1.30. The molecule has 10 heteroatoms. The second-order valence-corrected chi connectivity index (χ2v) is 6.26. The van der Waals surface area contributed by atoms with E-state index >= 15 is 0 Å². The Morgan fingerprint density at radius 2 is 1.59 bits per heavy atom. The van der Waals surface area contributed by atoms with Crippen LogP contribution in [-0.4, -0.2) is 44.4 Å². The van der Waals surface area contributed by atoms with Crippen molar-refractivity contribution in [3.63, 3.8) is 0 Å². The summed E-state index contributed by atoms with van der Waals surface area (Å²) in [4.78, 5) is 13.1. The highest BCUT2D eigenvalue weighted by atomic mass is 19.4. The minimum absolute atomic E-state index is 0.0524. The zero-order valence-electron chi connectivity index (χ0n) is 13.5. The minimum atomic E-state index is -4.65. The van der Waals surface area contributed by atoms with Gasteiger partial charge in [-0.25, -0.2) is 8.78 Å². The summed E-state index contributed by atoms with van der Waals surface area (Å²) in [6.45, 7) is -1.23. The first-order valence-corrected chi connectivity index (χ1v) is 7.84. The largest absolute Gasteiger partial charge is 0.452 e. The van der Waals surface area contributed by atoms with Gasteiger partial charge >= 0.3 is 6.18 Å². The maximum Gasteiger partial charge on any atom is 0.452 e. The average Bonchev–Trinajstić information content (AvgIpc) is 3.02. The zero-order chi connectivity index (χ0) is 19.4. The van der Waals surface area contributed by atoms with Crippen LogP contribution in [0.4, 0.5) is 22.0 Å². The number of alkyl halides is 5. The van der Waals surface area contributed by atoms with Gasteiger partial charge in [-0.05, 0) is 35.4 Å². The highest BCUT2D eigenvalue weighted by Gasteiger charge is 2.46. The van der Waals surface area contributed by atoms with Gasteiger partial charge in [-0.15, -0.1) is 10.2 Å². The van der Waals surface area contributed by atoms with Gasteiger partial charge in [0.15, 0.2) is 5.65 Å². The number of pyridine rings is 1. The predicted molar refractivity (Wildman–Crippen MR) is 84.3 cm³/mol. The molecule has 0 saturated carbocycles. The van der Waals surface area contributed by atoms with Crippen molar-refractivity contribution in [2.75, 3.05) is 13.1 Å². The number of fused-ring (bicyclic) bond motifs is 1. The van der Waals surface area contributed by atoms with Gasteiger partial charge in [0.1, 0.15) is 0 Å². The van der Waals surface area contributed by atoms with Crippen molar-refractivity contribution in [1.29, 1.82) is 0 Å². The monoisotopic (exact) mass is 382 g/mol. The number of carbonyl (C=O) groups excluding carboxylic acids is 1. The van der Waals surface area contributed by atoms with E-state index in [1.807, 2.05) is 0 Å². The molecule has 5 nitrogen and oxygen atoms in total. The maximum atomic E-state index is 13.0. The third-order valence-corrected chi connectivity index (χ3v) is 4.25. The Morgan fingerprint density at radius 3 is 2.19 bits per heavy atom. The van der Waals surface area contributed by atoms with Crippen LogP contribution in [0.15, 0.2) is 42.6 Å². The summed E-state index contributed by atoms with van der Waals surface area (Å²) in [7, 11) is 0. The van der Waals surface area contributed by atoms with Gasteiger partial charge in [0, 0.05) is 11.8 Å². The normalized spacial score (nSPS) is 16.4. The van der Waals surface area contributed by atoms with Gasteiger partial charge in [-0.1, -0.05) is 12.1 Å². The Morgan fingerprint density at radius 1 is 0.963 bits per heavy atom. The molecule has 0 N–H and O–H groups in total. The van der Waals surface area contributed by atoms with E-state index in [0.717, 1.165) is 9.30 Å². The number of halogens is 5. The average molecular weight is 382 g/mol. The lowest BCUT2D eigenvalue weighted by Crippen LogP contribution is -2.58. The molecule has 3 aromatic rings. The van der Waals surface area contributed by atoms with Crippen LogP contribution < -0.4 is 0 Å². The Bertz CT molecular complexity index is 1020. The van der Waals surface area contributed by atoms with Gasteiger partial charge in [0.05, 0.1) is 13.1 Å². The summed E-state index contributed by atoms with van der Waals surface area (Å²) < 4.78 is 65.5. The highest BCUT2D eigenvalue weighted by Crippen LogP contribution is 2.30. The molecule has 27 heavy (non-hydrogen) atoms. The molecule has 2 aromatic heterocycles. The maximum absolute atomic E-state index is 13.0. The summed E-state index contributed by atoms with van der Waals surface area (Å²) >= 11 is 0. The molecule has 1 amide bonds. The van der Waals surface area contributed by atoms with Crippen LogP contribution in [0.1, 0.15) is 16.2 Å². The summed E-state index contributed by atoms with van der Waals surface area (Å²) in [5, 5.41) is 6.65. The number of amides is 1. The molecule has 4 rings (SSSR count). The number of rotatable bonds is 2. The van der Waals surface area contributed by atoms with E-state index in [-0.39, 0.29) is 11.2 Å². The predicted octanol–water partition coefficient (Wildman–Crippen LogP) is 3.51. The molecule has 3 heterocycles. The van der Waals surface area contributed by atoms with E-state index in [0.29, 0.717) is 11.1 Å². The van der Waals surface area contributed by atoms with E-state index in [2.05, 4.69) is 10.2 Å². The first-order chi connectivity index (χ1) is 12.6. The molecular weight excluding hydrogens is 371 g/mol. The summed E-state index contributed by atoms with van der Waals surface area (Å²) in [6.07, 6.45) is -3.39. The standard InChI is InChI=1S/C17H11F5N4O/c18-16(19)8-25(9-16)14(27)11-3-1-10(2-4-11)12-5-6-13-23-24-15(17(20,21)22)26(13)7-12/h1-7H,8-9H2. The number of benzene rings is 1. The van der Waals surface area contributed by atoms with Crippen molar-refractivity contribution in [2.45, 2.75) is 12.1 Å². The Kier molecular flexibility index (Phi) is 3.69. The zero-order valence-corrected chi connectivity index (χ0v) is 13.5. The van der Waals surface area contributed by atoms with Crippen LogP contribution in [0.5, 0.6) is 0 Å². The van der Waals surface area contributed by atoms with Crippen molar-refractivity contribution >= 4 is 11.6 Å². The fourth-order valence-electron chi connectivity index (χ4n) is 2.90. The van der Waals surface area contributed by atoms with Crippen LogP contribution >= 0.6 is 0 Å². The summed E-state index contributed by atoms with van der Waals surface area (Å²) in [5.74, 6) is -4.49. The second kappa shape index (κ2) is 5.73. The number of likely N-dealkylation sites (tertiary alicyclic amines) is 1. The van der Waals surface area contributed by atoms with E-state index in [1.165, 1.54) is 24.4 Å².